The van der Waals surface area contributed by atoms with Crippen LogP contribution in [0.3, 0.4) is 0 Å². The second-order valence-corrected chi connectivity index (χ2v) is 4.32. The predicted molar refractivity (Wildman–Crippen MR) is 47.6 cm³/mol. The number of esters is 1. The Labute approximate surface area is 86.2 Å². The highest BCUT2D eigenvalue weighted by molar-refractivity contribution is 6.01. The quantitative estimate of drug-likeness (QED) is 0.470. The zero-order chi connectivity index (χ0) is 11.4. The number of fused-ring (bicyclic) bond motifs is 1. The molecular weight excluding hydrogens is 202 g/mol. The maximum Gasteiger partial charge on any atom is 0.339 e. The standard InChI is InChI=1S/C9H13NO5/c1-3(2)5(12)9-6(15-8(9)14)4(11)7(13)10-9/h3-6,11-12H,1-2H3,(H,10,13)/t4-,5+,6+,9?/m1/s1. The molecule has 6 nitrogen and oxygen atoms in total. The Morgan fingerprint density at radius 3 is 2.47 bits per heavy atom. The van der Waals surface area contributed by atoms with Crippen molar-refractivity contribution in [2.75, 3.05) is 0 Å². The molecule has 0 aliphatic carbocycles. The molecule has 0 bridgehead atoms. The summed E-state index contributed by atoms with van der Waals surface area (Å²) in [6.07, 6.45) is -3.39. The van der Waals surface area contributed by atoms with Gasteiger partial charge in [-0.1, -0.05) is 13.8 Å². The third-order valence-corrected chi connectivity index (χ3v) is 3.00. The van der Waals surface area contributed by atoms with Crippen molar-refractivity contribution < 1.29 is 24.5 Å². The van der Waals surface area contributed by atoms with E-state index >= 15 is 0 Å². The first kappa shape index (κ1) is 10.4. The van der Waals surface area contributed by atoms with Gasteiger partial charge in [-0.15, -0.1) is 0 Å². The molecule has 1 amide bonds. The van der Waals surface area contributed by atoms with Crippen LogP contribution in [0.5, 0.6) is 0 Å². The molecule has 0 aromatic rings. The molecule has 0 radical (unpaired) electrons. The van der Waals surface area contributed by atoms with Crippen LogP contribution in [0.15, 0.2) is 0 Å². The van der Waals surface area contributed by atoms with Gasteiger partial charge >= 0.3 is 5.97 Å². The lowest BCUT2D eigenvalue weighted by molar-refractivity contribution is -0.211. The van der Waals surface area contributed by atoms with Crippen LogP contribution in [-0.2, 0) is 14.3 Å². The normalized spacial score (nSPS) is 40.6. The van der Waals surface area contributed by atoms with Gasteiger partial charge in [-0.05, 0) is 5.92 Å². The zero-order valence-corrected chi connectivity index (χ0v) is 8.43. The Hall–Kier alpha value is -1.14. The van der Waals surface area contributed by atoms with Crippen molar-refractivity contribution in [1.29, 1.82) is 0 Å². The Morgan fingerprint density at radius 2 is 2.07 bits per heavy atom. The van der Waals surface area contributed by atoms with E-state index in [0.717, 1.165) is 0 Å². The molecule has 1 unspecified atom stereocenters. The van der Waals surface area contributed by atoms with Gasteiger partial charge in [0.15, 0.2) is 12.2 Å². The van der Waals surface area contributed by atoms with Crippen molar-refractivity contribution in [3.05, 3.63) is 0 Å². The predicted octanol–water partition coefficient (Wildman–Crippen LogP) is -1.84. The number of carbonyl (C=O) groups is 2. The molecule has 2 fully saturated rings. The van der Waals surface area contributed by atoms with Crippen LogP contribution in [-0.4, -0.2) is 45.9 Å². The summed E-state index contributed by atoms with van der Waals surface area (Å²) in [5, 5.41) is 21.6. The van der Waals surface area contributed by atoms with Crippen LogP contribution in [0.25, 0.3) is 0 Å². The Balaban J connectivity index is 2.33. The van der Waals surface area contributed by atoms with Crippen molar-refractivity contribution in [2.45, 2.75) is 37.7 Å². The monoisotopic (exact) mass is 215 g/mol. The van der Waals surface area contributed by atoms with Crippen LogP contribution in [0.4, 0.5) is 0 Å². The van der Waals surface area contributed by atoms with Crippen LogP contribution in [0, 0.1) is 5.92 Å². The SMILES string of the molecule is CC(C)[C@H](O)C12NC(=O)[C@H](O)[C@@H]1OC2=O. The minimum Gasteiger partial charge on any atom is -0.454 e. The fraction of sp³-hybridized carbons (Fsp3) is 0.778. The highest BCUT2D eigenvalue weighted by Gasteiger charge is 2.72. The zero-order valence-electron chi connectivity index (χ0n) is 8.43. The lowest BCUT2D eigenvalue weighted by atomic mass is 9.78. The van der Waals surface area contributed by atoms with Gasteiger partial charge in [0, 0.05) is 0 Å². The van der Waals surface area contributed by atoms with E-state index in [2.05, 4.69) is 10.1 Å². The maximum absolute atomic E-state index is 11.4. The molecule has 6 heteroatoms. The van der Waals surface area contributed by atoms with E-state index in [4.69, 9.17) is 0 Å². The minimum absolute atomic E-state index is 0.217. The molecule has 2 saturated heterocycles. The van der Waals surface area contributed by atoms with Gasteiger partial charge in [-0.25, -0.2) is 4.79 Å². The van der Waals surface area contributed by atoms with Crippen molar-refractivity contribution in [1.82, 2.24) is 5.32 Å². The van der Waals surface area contributed by atoms with Gasteiger partial charge in [0.05, 0.1) is 6.10 Å². The molecule has 2 aliphatic rings. The van der Waals surface area contributed by atoms with E-state index in [-0.39, 0.29) is 5.92 Å². The smallest absolute Gasteiger partial charge is 0.339 e. The summed E-state index contributed by atoms with van der Waals surface area (Å²) in [6, 6.07) is 0. The Bertz CT molecular complexity index is 328. The number of aliphatic hydroxyl groups excluding tert-OH is 2. The summed E-state index contributed by atoms with van der Waals surface area (Å²) in [5.74, 6) is -1.57. The maximum atomic E-state index is 11.4. The molecule has 0 aromatic carbocycles. The van der Waals surface area contributed by atoms with E-state index in [0.29, 0.717) is 0 Å². The molecule has 3 N–H and O–H groups in total. The molecule has 15 heavy (non-hydrogen) atoms. The fourth-order valence-corrected chi connectivity index (χ4v) is 2.10. The highest BCUT2D eigenvalue weighted by Crippen LogP contribution is 2.39. The van der Waals surface area contributed by atoms with E-state index in [1.165, 1.54) is 0 Å². The number of amides is 1. The number of carbonyl (C=O) groups excluding carboxylic acids is 2. The third kappa shape index (κ3) is 1.06. The summed E-state index contributed by atoms with van der Waals surface area (Å²) in [5.41, 5.74) is -1.44. The first-order valence-electron chi connectivity index (χ1n) is 4.80. The minimum atomic E-state index is -1.44. The van der Waals surface area contributed by atoms with Gasteiger partial charge in [0.1, 0.15) is 0 Å². The average molecular weight is 215 g/mol. The second-order valence-electron chi connectivity index (χ2n) is 4.32. The molecule has 0 spiro atoms. The van der Waals surface area contributed by atoms with Crippen LogP contribution in [0.2, 0.25) is 0 Å². The lowest BCUT2D eigenvalue weighted by Crippen LogP contribution is -2.74. The van der Waals surface area contributed by atoms with Crippen molar-refractivity contribution in [2.24, 2.45) is 5.92 Å². The third-order valence-electron chi connectivity index (χ3n) is 3.00. The van der Waals surface area contributed by atoms with Crippen LogP contribution in [0.1, 0.15) is 13.8 Å². The number of rotatable bonds is 2. The Kier molecular flexibility index (Phi) is 2.03. The highest BCUT2D eigenvalue weighted by atomic mass is 16.6. The Morgan fingerprint density at radius 1 is 1.47 bits per heavy atom. The number of aliphatic hydroxyl groups is 2. The second kappa shape index (κ2) is 2.93. The molecule has 0 saturated carbocycles. The van der Waals surface area contributed by atoms with E-state index in [1.807, 2.05) is 0 Å². The molecule has 0 aromatic heterocycles. The summed E-state index contributed by atoms with van der Waals surface area (Å²) in [6.45, 7) is 3.44. The van der Waals surface area contributed by atoms with E-state index in [9.17, 15) is 19.8 Å². The molecule has 84 valence electrons. The average Bonchev–Trinajstić information content (AvgIpc) is 2.37. The number of nitrogens with one attached hydrogen (secondary N) is 1. The first-order chi connectivity index (χ1) is 6.91. The summed E-state index contributed by atoms with van der Waals surface area (Å²) in [4.78, 5) is 22.6. The van der Waals surface area contributed by atoms with Gasteiger partial charge in [0.2, 0.25) is 5.54 Å². The number of ether oxygens (including phenoxy) is 1. The van der Waals surface area contributed by atoms with Crippen LogP contribution >= 0.6 is 0 Å². The first-order valence-corrected chi connectivity index (χ1v) is 4.80. The lowest BCUT2D eigenvalue weighted by Gasteiger charge is -2.45. The van der Waals surface area contributed by atoms with Crippen molar-refractivity contribution in [3.8, 4) is 0 Å². The van der Waals surface area contributed by atoms with Crippen LogP contribution < -0.4 is 5.32 Å². The fourth-order valence-electron chi connectivity index (χ4n) is 2.10. The number of hydrogen-bond acceptors (Lipinski definition) is 5. The van der Waals surface area contributed by atoms with Gasteiger partial charge in [-0.3, -0.25) is 4.79 Å². The molecule has 4 atom stereocenters. The molecule has 2 heterocycles. The van der Waals surface area contributed by atoms with Crippen molar-refractivity contribution in [3.63, 3.8) is 0 Å². The topological polar surface area (TPSA) is 95.9 Å². The van der Waals surface area contributed by atoms with Gasteiger partial charge < -0.3 is 20.3 Å². The van der Waals surface area contributed by atoms with E-state index in [1.54, 1.807) is 13.8 Å². The van der Waals surface area contributed by atoms with E-state index < -0.39 is 35.7 Å². The number of hydrogen-bond donors (Lipinski definition) is 3. The van der Waals surface area contributed by atoms with Gasteiger partial charge in [-0.2, -0.15) is 0 Å². The summed E-state index contributed by atoms with van der Waals surface area (Å²) < 4.78 is 4.69. The van der Waals surface area contributed by atoms with Gasteiger partial charge in [0.25, 0.3) is 5.91 Å². The van der Waals surface area contributed by atoms with Crippen molar-refractivity contribution >= 4 is 11.9 Å². The largest absolute Gasteiger partial charge is 0.454 e. The summed E-state index contributed by atoms with van der Waals surface area (Å²) >= 11 is 0. The molecule has 2 rings (SSSR count). The molecular formula is C9H13NO5. The molecule has 2 aliphatic heterocycles. The summed E-state index contributed by atoms with van der Waals surface area (Å²) in [7, 11) is 0.